The molecule has 0 atom stereocenters. The van der Waals surface area contributed by atoms with Gasteiger partial charge in [-0.2, -0.15) is 0 Å². The van der Waals surface area contributed by atoms with Crippen LogP contribution in [0.1, 0.15) is 11.1 Å². The van der Waals surface area contributed by atoms with E-state index in [4.69, 9.17) is 14.5 Å². The van der Waals surface area contributed by atoms with E-state index in [0.29, 0.717) is 19.8 Å². The Morgan fingerprint density at radius 2 is 1.33 bits per heavy atom. The number of benzene rings is 4. The zero-order valence-corrected chi connectivity index (χ0v) is 20.4. The third-order valence-electron chi connectivity index (χ3n) is 6.76. The molecule has 0 radical (unpaired) electrons. The Morgan fingerprint density at radius 3 is 2.08 bits per heavy atom. The third kappa shape index (κ3) is 4.15. The molecule has 4 nitrogen and oxygen atoms in total. The maximum absolute atomic E-state index is 5.76. The van der Waals surface area contributed by atoms with E-state index in [1.54, 1.807) is 7.11 Å². The van der Waals surface area contributed by atoms with Crippen LogP contribution in [0.25, 0.3) is 55.8 Å². The quantitative estimate of drug-likeness (QED) is 0.172. The molecule has 36 heavy (non-hydrogen) atoms. The van der Waals surface area contributed by atoms with Gasteiger partial charge in [-0.15, -0.1) is 0 Å². The molecule has 0 aliphatic carbocycles. The lowest BCUT2D eigenvalue weighted by Gasteiger charge is -2.09. The summed E-state index contributed by atoms with van der Waals surface area (Å²) in [5.41, 5.74) is 6.86. The van der Waals surface area contributed by atoms with E-state index in [2.05, 4.69) is 95.6 Å². The van der Waals surface area contributed by atoms with Crippen molar-refractivity contribution >= 4 is 55.8 Å². The largest absolute Gasteiger partial charge is 0.382 e. The van der Waals surface area contributed by atoms with Gasteiger partial charge < -0.3 is 14.0 Å². The molecule has 2 heterocycles. The lowest BCUT2D eigenvalue weighted by atomic mass is 10.0. The monoisotopic (exact) mass is 472 g/mol. The zero-order chi connectivity index (χ0) is 24.3. The molecular formula is C32H28N2O2. The average Bonchev–Trinajstić information content (AvgIpc) is 3.24. The zero-order valence-electron chi connectivity index (χ0n) is 20.4. The van der Waals surface area contributed by atoms with Crippen molar-refractivity contribution in [2.45, 2.75) is 6.54 Å². The van der Waals surface area contributed by atoms with E-state index in [1.807, 2.05) is 12.1 Å². The highest BCUT2D eigenvalue weighted by Gasteiger charge is 2.11. The molecule has 178 valence electrons. The summed E-state index contributed by atoms with van der Waals surface area (Å²) in [6.07, 6.45) is 4.45. The van der Waals surface area contributed by atoms with Gasteiger partial charge >= 0.3 is 0 Å². The van der Waals surface area contributed by atoms with Crippen LogP contribution in [-0.4, -0.2) is 36.5 Å². The van der Waals surface area contributed by atoms with Gasteiger partial charge in [-0.1, -0.05) is 72.8 Å². The topological polar surface area (TPSA) is 36.3 Å². The van der Waals surface area contributed by atoms with Crippen molar-refractivity contribution in [2.24, 2.45) is 0 Å². The van der Waals surface area contributed by atoms with Gasteiger partial charge in [-0.05, 0) is 41.5 Å². The molecule has 0 aliphatic rings. The number of hydrogen-bond donors (Lipinski definition) is 0. The number of para-hydroxylation sites is 3. The van der Waals surface area contributed by atoms with E-state index in [-0.39, 0.29) is 0 Å². The van der Waals surface area contributed by atoms with Crippen LogP contribution in [0.2, 0.25) is 0 Å². The summed E-state index contributed by atoms with van der Waals surface area (Å²) in [6, 6.07) is 32.0. The molecule has 4 heteroatoms. The molecule has 0 amide bonds. The van der Waals surface area contributed by atoms with Gasteiger partial charge in [-0.3, -0.25) is 0 Å². The summed E-state index contributed by atoms with van der Waals surface area (Å²) in [5.74, 6) is 0. The Morgan fingerprint density at radius 1 is 0.667 bits per heavy atom. The van der Waals surface area contributed by atoms with Crippen molar-refractivity contribution < 1.29 is 9.47 Å². The highest BCUT2D eigenvalue weighted by molar-refractivity contribution is 6.09. The van der Waals surface area contributed by atoms with Crippen LogP contribution in [0.15, 0.2) is 91.0 Å². The van der Waals surface area contributed by atoms with Crippen molar-refractivity contribution in [3.63, 3.8) is 0 Å². The Balaban J connectivity index is 1.40. The molecule has 0 fully saturated rings. The molecule has 2 aromatic heterocycles. The molecule has 0 spiro atoms. The molecule has 6 rings (SSSR count). The Hall–Kier alpha value is -3.99. The normalized spacial score (nSPS) is 12.0. The van der Waals surface area contributed by atoms with Gasteiger partial charge in [-0.25, -0.2) is 4.98 Å². The second-order valence-electron chi connectivity index (χ2n) is 8.94. The highest BCUT2D eigenvalue weighted by Crippen LogP contribution is 2.31. The number of ether oxygens (including phenoxy) is 2. The Labute approximate surface area is 210 Å². The summed E-state index contributed by atoms with van der Waals surface area (Å²) >= 11 is 0. The standard InChI is InChI=1S/C32H28N2O2/c1-35-20-21-36-19-18-34-31-13-7-4-10-27(31)28-22-23(15-17-32(28)34)14-16-24-25-8-2-5-11-29(25)33-30-12-6-3-9-26(24)30/h2-17,22H,18-21H2,1H3. The van der Waals surface area contributed by atoms with Gasteiger partial charge in [0, 0.05) is 46.2 Å². The Bertz CT molecular complexity index is 1660. The van der Waals surface area contributed by atoms with Crippen molar-refractivity contribution in [3.05, 3.63) is 102 Å². The molecule has 0 saturated carbocycles. The van der Waals surface area contributed by atoms with Gasteiger partial charge in [0.1, 0.15) is 0 Å². The van der Waals surface area contributed by atoms with E-state index in [1.165, 1.54) is 43.7 Å². The predicted octanol–water partition coefficient (Wildman–Crippen LogP) is 7.33. The van der Waals surface area contributed by atoms with Crippen molar-refractivity contribution in [1.82, 2.24) is 9.55 Å². The van der Waals surface area contributed by atoms with E-state index in [0.717, 1.165) is 17.6 Å². The summed E-state index contributed by atoms with van der Waals surface area (Å²) < 4.78 is 13.2. The van der Waals surface area contributed by atoms with E-state index in [9.17, 15) is 0 Å². The minimum atomic E-state index is 0.612. The molecular weight excluding hydrogens is 444 g/mol. The highest BCUT2D eigenvalue weighted by atomic mass is 16.5. The second kappa shape index (κ2) is 9.94. The first-order valence-corrected chi connectivity index (χ1v) is 12.4. The number of hydrogen-bond acceptors (Lipinski definition) is 3. The first-order chi connectivity index (χ1) is 17.8. The fraction of sp³-hybridized carbons (Fsp3) is 0.156. The molecule has 0 N–H and O–H groups in total. The van der Waals surface area contributed by atoms with Gasteiger partial charge in [0.2, 0.25) is 0 Å². The van der Waals surface area contributed by atoms with Crippen LogP contribution in [0.5, 0.6) is 0 Å². The molecule has 0 saturated heterocycles. The minimum absolute atomic E-state index is 0.612. The van der Waals surface area contributed by atoms with Gasteiger partial charge in [0.25, 0.3) is 0 Å². The first-order valence-electron chi connectivity index (χ1n) is 12.4. The number of nitrogens with zero attached hydrogens (tertiary/aromatic N) is 2. The van der Waals surface area contributed by atoms with Crippen LogP contribution in [0, 0.1) is 0 Å². The molecule has 4 aromatic carbocycles. The van der Waals surface area contributed by atoms with Crippen molar-refractivity contribution in [2.75, 3.05) is 26.9 Å². The second-order valence-corrected chi connectivity index (χ2v) is 8.94. The van der Waals surface area contributed by atoms with Gasteiger partial charge in [0.15, 0.2) is 0 Å². The van der Waals surface area contributed by atoms with Crippen molar-refractivity contribution in [3.8, 4) is 0 Å². The first kappa shape index (κ1) is 22.5. The number of fused-ring (bicyclic) bond motifs is 5. The fourth-order valence-corrected chi connectivity index (χ4v) is 5.05. The smallest absolute Gasteiger partial charge is 0.0715 e. The molecule has 0 unspecified atom stereocenters. The number of methoxy groups -OCH3 is 1. The maximum atomic E-state index is 5.76. The third-order valence-corrected chi connectivity index (χ3v) is 6.76. The summed E-state index contributed by atoms with van der Waals surface area (Å²) in [7, 11) is 1.70. The Kier molecular flexibility index (Phi) is 6.20. The predicted molar refractivity (Wildman–Crippen MR) is 150 cm³/mol. The minimum Gasteiger partial charge on any atom is -0.382 e. The van der Waals surface area contributed by atoms with Crippen LogP contribution in [0.4, 0.5) is 0 Å². The van der Waals surface area contributed by atoms with Crippen LogP contribution in [-0.2, 0) is 16.0 Å². The van der Waals surface area contributed by atoms with Crippen LogP contribution < -0.4 is 0 Å². The summed E-state index contributed by atoms with van der Waals surface area (Å²) in [6.45, 7) is 2.69. The molecule has 0 aliphatic heterocycles. The maximum Gasteiger partial charge on any atom is 0.0715 e. The van der Waals surface area contributed by atoms with E-state index >= 15 is 0 Å². The SMILES string of the molecule is COCCOCCn1c2ccccc2c2cc(C=Cc3c4ccccc4nc4ccccc34)ccc21. The van der Waals surface area contributed by atoms with Crippen LogP contribution in [0.3, 0.4) is 0 Å². The fourth-order valence-electron chi connectivity index (χ4n) is 5.05. The number of pyridine rings is 1. The van der Waals surface area contributed by atoms with Gasteiger partial charge in [0.05, 0.1) is 30.9 Å². The molecule has 6 aromatic rings. The lowest BCUT2D eigenvalue weighted by Crippen LogP contribution is -2.09. The summed E-state index contributed by atoms with van der Waals surface area (Å²) in [4.78, 5) is 4.86. The number of aromatic nitrogens is 2. The average molecular weight is 473 g/mol. The summed E-state index contributed by atoms with van der Waals surface area (Å²) in [5, 5.41) is 4.85. The lowest BCUT2D eigenvalue weighted by molar-refractivity contribution is 0.0673. The van der Waals surface area contributed by atoms with Crippen LogP contribution >= 0.6 is 0 Å². The van der Waals surface area contributed by atoms with E-state index < -0.39 is 0 Å². The number of rotatable bonds is 8. The molecule has 0 bridgehead atoms. The van der Waals surface area contributed by atoms with Crippen molar-refractivity contribution in [1.29, 1.82) is 0 Å².